The molecule has 4 rings (SSSR count). The maximum atomic E-state index is 10.4. The average molecular weight is 321 g/mol. The third kappa shape index (κ3) is 2.95. The molecule has 2 aliphatic rings. The number of para-hydroxylation sites is 1. The maximum absolute atomic E-state index is 10.4. The van der Waals surface area contributed by atoms with Gasteiger partial charge in [0.2, 0.25) is 0 Å². The van der Waals surface area contributed by atoms with Gasteiger partial charge in [0.1, 0.15) is 5.75 Å². The van der Waals surface area contributed by atoms with Crippen molar-refractivity contribution < 1.29 is 5.11 Å². The van der Waals surface area contributed by atoms with Gasteiger partial charge in [-0.05, 0) is 50.3 Å². The van der Waals surface area contributed by atoms with Gasteiger partial charge in [-0.2, -0.15) is 0 Å². The third-order valence-electron chi connectivity index (χ3n) is 6.22. The van der Waals surface area contributed by atoms with Gasteiger partial charge < -0.3 is 5.11 Å². The van der Waals surface area contributed by atoms with E-state index in [0.717, 1.165) is 19.5 Å². The van der Waals surface area contributed by atoms with Crippen molar-refractivity contribution in [2.45, 2.75) is 50.0 Å². The maximum Gasteiger partial charge on any atom is 0.119 e. The smallest absolute Gasteiger partial charge is 0.119 e. The molecule has 1 saturated carbocycles. The normalized spacial score (nSPS) is 27.1. The summed E-state index contributed by atoms with van der Waals surface area (Å²) in [5.74, 6) is 0.496. The first-order valence-electron chi connectivity index (χ1n) is 9.33. The number of phenols is 1. The summed E-state index contributed by atoms with van der Waals surface area (Å²) in [6.07, 6.45) is 7.34. The molecule has 1 saturated heterocycles. The van der Waals surface area contributed by atoms with Crippen LogP contribution in [0.2, 0.25) is 0 Å². The van der Waals surface area contributed by atoms with Crippen LogP contribution < -0.4 is 0 Å². The van der Waals surface area contributed by atoms with Gasteiger partial charge in [-0.3, -0.25) is 4.90 Å². The molecule has 1 N–H and O–H groups in total. The van der Waals surface area contributed by atoms with Crippen LogP contribution in [0, 0.1) is 0 Å². The molecule has 0 aromatic heterocycles. The Bertz CT molecular complexity index is 683. The van der Waals surface area contributed by atoms with Crippen LogP contribution in [0.15, 0.2) is 54.6 Å². The summed E-state index contributed by atoms with van der Waals surface area (Å²) in [6.45, 7) is 2.32. The minimum Gasteiger partial charge on any atom is -0.508 e. The van der Waals surface area contributed by atoms with Gasteiger partial charge in [0.25, 0.3) is 0 Å². The van der Waals surface area contributed by atoms with E-state index in [1.807, 2.05) is 12.1 Å². The Kier molecular flexibility index (Phi) is 4.32. The lowest BCUT2D eigenvalue weighted by Crippen LogP contribution is -2.52. The zero-order valence-corrected chi connectivity index (χ0v) is 14.3. The first kappa shape index (κ1) is 15.7. The summed E-state index contributed by atoms with van der Waals surface area (Å²) in [5, 5.41) is 10.4. The predicted molar refractivity (Wildman–Crippen MR) is 98.4 cm³/mol. The van der Waals surface area contributed by atoms with Gasteiger partial charge in [-0.25, -0.2) is 0 Å². The zero-order valence-electron chi connectivity index (χ0n) is 14.3. The van der Waals surface area contributed by atoms with E-state index in [-0.39, 0.29) is 5.41 Å². The van der Waals surface area contributed by atoms with E-state index in [1.54, 1.807) is 0 Å². The number of likely N-dealkylation sites (tertiary alicyclic amines) is 1. The SMILES string of the molecule is Oc1ccccc1C12CCCC(C1)N(CCc1ccccc1)CC2. The highest BCUT2D eigenvalue weighted by molar-refractivity contribution is 5.39. The van der Waals surface area contributed by atoms with E-state index >= 15 is 0 Å². The first-order valence-corrected chi connectivity index (χ1v) is 9.33. The molecule has 2 nitrogen and oxygen atoms in total. The molecule has 2 aromatic rings. The Balaban J connectivity index is 1.47. The van der Waals surface area contributed by atoms with Gasteiger partial charge in [0.05, 0.1) is 0 Å². The number of fused-ring (bicyclic) bond motifs is 2. The van der Waals surface area contributed by atoms with Gasteiger partial charge in [-0.1, -0.05) is 55.0 Å². The molecule has 2 fully saturated rings. The molecule has 2 unspecified atom stereocenters. The molecule has 2 bridgehead atoms. The molecule has 2 atom stereocenters. The lowest BCUT2D eigenvalue weighted by molar-refractivity contribution is 0.0514. The number of hydrogen-bond acceptors (Lipinski definition) is 2. The van der Waals surface area contributed by atoms with Crippen LogP contribution in [0.1, 0.15) is 43.2 Å². The molecule has 0 spiro atoms. The first-order chi connectivity index (χ1) is 11.8. The van der Waals surface area contributed by atoms with Gasteiger partial charge in [0, 0.05) is 23.6 Å². The summed E-state index contributed by atoms with van der Waals surface area (Å²) >= 11 is 0. The van der Waals surface area contributed by atoms with Crippen molar-refractivity contribution in [3.8, 4) is 5.75 Å². The summed E-state index contributed by atoms with van der Waals surface area (Å²) < 4.78 is 0. The summed E-state index contributed by atoms with van der Waals surface area (Å²) in [6, 6.07) is 19.5. The van der Waals surface area contributed by atoms with Gasteiger partial charge in [0.15, 0.2) is 0 Å². The predicted octanol–water partition coefficient (Wildman–Crippen LogP) is 4.52. The fourth-order valence-electron chi connectivity index (χ4n) is 4.92. The van der Waals surface area contributed by atoms with Crippen molar-refractivity contribution in [2.75, 3.05) is 13.1 Å². The number of rotatable bonds is 4. The van der Waals surface area contributed by atoms with E-state index in [4.69, 9.17) is 0 Å². The Labute approximate surface area is 145 Å². The molecular formula is C22H27NO. The molecule has 1 heterocycles. The molecular weight excluding hydrogens is 294 g/mol. The molecule has 0 amide bonds. The van der Waals surface area contributed by atoms with Crippen molar-refractivity contribution in [3.05, 3.63) is 65.7 Å². The number of piperidine rings is 1. The quantitative estimate of drug-likeness (QED) is 0.895. The molecule has 2 heteroatoms. The van der Waals surface area contributed by atoms with Crippen molar-refractivity contribution >= 4 is 0 Å². The number of phenolic OH excluding ortho intramolecular Hbond substituents is 1. The van der Waals surface area contributed by atoms with E-state index in [1.165, 1.54) is 43.2 Å². The minimum absolute atomic E-state index is 0.206. The minimum atomic E-state index is 0.206. The van der Waals surface area contributed by atoms with Crippen molar-refractivity contribution in [2.24, 2.45) is 0 Å². The van der Waals surface area contributed by atoms with E-state index in [0.29, 0.717) is 11.8 Å². The van der Waals surface area contributed by atoms with Gasteiger partial charge >= 0.3 is 0 Å². The molecule has 1 aliphatic carbocycles. The van der Waals surface area contributed by atoms with Crippen LogP contribution in [0.4, 0.5) is 0 Å². The molecule has 2 aromatic carbocycles. The van der Waals surface area contributed by atoms with Gasteiger partial charge in [-0.15, -0.1) is 0 Å². The van der Waals surface area contributed by atoms with Crippen LogP contribution in [0.25, 0.3) is 0 Å². The lowest BCUT2D eigenvalue weighted by Gasteiger charge is -2.51. The molecule has 1 aliphatic heterocycles. The number of hydrogen-bond donors (Lipinski definition) is 1. The number of benzene rings is 2. The zero-order chi connectivity index (χ0) is 16.4. The second kappa shape index (κ2) is 6.60. The third-order valence-corrected chi connectivity index (χ3v) is 6.22. The van der Waals surface area contributed by atoms with E-state index in [9.17, 15) is 5.11 Å². The number of nitrogens with zero attached hydrogens (tertiary/aromatic N) is 1. The second-order valence-electron chi connectivity index (χ2n) is 7.57. The number of aromatic hydroxyl groups is 1. The standard InChI is InChI=1S/C22H27NO/c24-21-11-5-4-10-20(21)22-13-6-9-19(17-22)23(16-14-22)15-12-18-7-2-1-3-8-18/h1-5,7-8,10-11,19,24H,6,9,12-17H2. The molecule has 126 valence electrons. The van der Waals surface area contributed by atoms with Crippen LogP contribution in [-0.2, 0) is 11.8 Å². The Morgan fingerprint density at radius 1 is 1.00 bits per heavy atom. The summed E-state index contributed by atoms with van der Waals surface area (Å²) in [5.41, 5.74) is 2.83. The molecule has 0 radical (unpaired) electrons. The summed E-state index contributed by atoms with van der Waals surface area (Å²) in [7, 11) is 0. The van der Waals surface area contributed by atoms with Crippen LogP contribution >= 0.6 is 0 Å². The van der Waals surface area contributed by atoms with Crippen LogP contribution in [0.5, 0.6) is 5.75 Å². The van der Waals surface area contributed by atoms with E-state index in [2.05, 4.69) is 47.4 Å². The highest BCUT2D eigenvalue weighted by atomic mass is 16.3. The fraction of sp³-hybridized carbons (Fsp3) is 0.455. The van der Waals surface area contributed by atoms with Crippen molar-refractivity contribution in [3.63, 3.8) is 0 Å². The average Bonchev–Trinajstić information content (AvgIpc) is 2.63. The monoisotopic (exact) mass is 321 g/mol. The highest BCUT2D eigenvalue weighted by Gasteiger charge is 2.44. The Morgan fingerprint density at radius 2 is 1.79 bits per heavy atom. The molecule has 24 heavy (non-hydrogen) atoms. The Hall–Kier alpha value is -1.80. The van der Waals surface area contributed by atoms with Crippen LogP contribution in [0.3, 0.4) is 0 Å². The highest BCUT2D eigenvalue weighted by Crippen LogP contribution is 2.49. The second-order valence-corrected chi connectivity index (χ2v) is 7.57. The van der Waals surface area contributed by atoms with Crippen LogP contribution in [-0.4, -0.2) is 29.1 Å². The topological polar surface area (TPSA) is 23.5 Å². The van der Waals surface area contributed by atoms with E-state index < -0.39 is 0 Å². The Morgan fingerprint density at radius 3 is 2.62 bits per heavy atom. The fourth-order valence-corrected chi connectivity index (χ4v) is 4.92. The summed E-state index contributed by atoms with van der Waals surface area (Å²) in [4.78, 5) is 2.70. The largest absolute Gasteiger partial charge is 0.508 e. The lowest BCUT2D eigenvalue weighted by atomic mass is 9.63. The van der Waals surface area contributed by atoms with Crippen molar-refractivity contribution in [1.82, 2.24) is 4.90 Å². The van der Waals surface area contributed by atoms with Crippen molar-refractivity contribution in [1.29, 1.82) is 0 Å².